The quantitative estimate of drug-likeness (QED) is 0.648. The topological polar surface area (TPSA) is 30.0 Å². The zero-order chi connectivity index (χ0) is 12.7. The number of hydrogen-bond acceptors (Lipinski definition) is 2. The summed E-state index contributed by atoms with van der Waals surface area (Å²) in [6.07, 6.45) is 8.46. The van der Waals surface area contributed by atoms with Crippen molar-refractivity contribution >= 4 is 37.6 Å². The first kappa shape index (κ1) is 12.3. The maximum Gasteiger partial charge on any atom is 0.211 e. The van der Waals surface area contributed by atoms with Crippen molar-refractivity contribution in [2.45, 2.75) is 24.1 Å². The van der Waals surface area contributed by atoms with E-state index in [1.54, 1.807) is 6.20 Å². The van der Waals surface area contributed by atoms with Gasteiger partial charge in [-0.25, -0.2) is 0 Å². The molecule has 2 nitrogen and oxygen atoms in total. The molecule has 1 aromatic heterocycles. The Kier molecular flexibility index (Phi) is 3.24. The molecule has 0 amide bonds. The average molecular weight is 369 g/mol. The van der Waals surface area contributed by atoms with E-state index in [0.29, 0.717) is 10.5 Å². The van der Waals surface area contributed by atoms with Crippen molar-refractivity contribution in [2.75, 3.05) is 0 Å². The van der Waals surface area contributed by atoms with Crippen molar-refractivity contribution < 1.29 is 4.79 Å². The molecule has 2 aliphatic rings. The molecule has 0 spiro atoms. The monoisotopic (exact) mass is 367 g/mol. The van der Waals surface area contributed by atoms with Gasteiger partial charge in [0.2, 0.25) is 5.78 Å². The van der Waals surface area contributed by atoms with Crippen molar-refractivity contribution in [3.8, 4) is 0 Å². The van der Waals surface area contributed by atoms with Crippen molar-refractivity contribution in [1.29, 1.82) is 0 Å². The van der Waals surface area contributed by atoms with Crippen LogP contribution in [0.25, 0.3) is 0 Å². The van der Waals surface area contributed by atoms with Gasteiger partial charge in [-0.2, -0.15) is 0 Å². The van der Waals surface area contributed by atoms with Crippen LogP contribution < -0.4 is 0 Å². The lowest BCUT2D eigenvalue weighted by Gasteiger charge is -2.18. The lowest BCUT2D eigenvalue weighted by Crippen LogP contribution is -2.13. The van der Waals surface area contributed by atoms with Crippen LogP contribution in [0.5, 0.6) is 0 Å². The van der Waals surface area contributed by atoms with Gasteiger partial charge in [-0.15, -0.1) is 0 Å². The van der Waals surface area contributed by atoms with E-state index < -0.39 is 0 Å². The summed E-state index contributed by atoms with van der Waals surface area (Å²) in [4.78, 5) is 17.1. The molecule has 2 aliphatic carbocycles. The van der Waals surface area contributed by atoms with Crippen LogP contribution in [0.1, 0.15) is 28.9 Å². The minimum Gasteiger partial charge on any atom is -0.287 e. The van der Waals surface area contributed by atoms with E-state index >= 15 is 0 Å². The summed E-state index contributed by atoms with van der Waals surface area (Å²) in [6.45, 7) is 0. The van der Waals surface area contributed by atoms with Gasteiger partial charge in [-0.3, -0.25) is 9.78 Å². The zero-order valence-corrected chi connectivity index (χ0v) is 12.8. The number of halogens is 2. The van der Waals surface area contributed by atoms with Gasteiger partial charge >= 0.3 is 0 Å². The van der Waals surface area contributed by atoms with E-state index in [-0.39, 0.29) is 5.78 Å². The molecule has 92 valence electrons. The average Bonchev–Trinajstić information content (AvgIpc) is 2.49. The smallest absolute Gasteiger partial charge is 0.211 e. The molecule has 0 aliphatic heterocycles. The van der Waals surface area contributed by atoms with Gasteiger partial charge in [-0.05, 0) is 52.4 Å². The van der Waals surface area contributed by atoms with Gasteiger partial charge in [-0.1, -0.05) is 28.1 Å². The number of pyridine rings is 1. The van der Waals surface area contributed by atoms with Crippen molar-refractivity contribution in [1.82, 2.24) is 4.98 Å². The molecule has 1 atom stereocenters. The highest BCUT2D eigenvalue weighted by atomic mass is 79.9. The third kappa shape index (κ3) is 2.01. The first-order chi connectivity index (χ1) is 8.66. The molecule has 0 fully saturated rings. The summed E-state index contributed by atoms with van der Waals surface area (Å²) in [5, 5.41) is 0. The fraction of sp³-hybridized carbons (Fsp3) is 0.286. The Labute approximate surface area is 122 Å². The van der Waals surface area contributed by atoms with Crippen LogP contribution in [-0.2, 0) is 6.42 Å². The summed E-state index contributed by atoms with van der Waals surface area (Å²) in [6, 6.07) is 2.01. The highest BCUT2D eigenvalue weighted by Crippen LogP contribution is 2.34. The molecule has 0 radical (unpaired) electrons. The largest absolute Gasteiger partial charge is 0.287 e. The fourth-order valence-electron chi connectivity index (χ4n) is 2.51. The molecule has 0 bridgehead atoms. The SMILES string of the molecule is O=C1C2=C(CCc3cc(Br)cnc31)C(Br)CC=C2. The highest BCUT2D eigenvalue weighted by Gasteiger charge is 2.28. The Balaban J connectivity index is 2.13. The first-order valence-corrected chi connectivity index (χ1v) is 7.60. The molecule has 1 aromatic rings. The molecule has 0 saturated heterocycles. The fourth-order valence-corrected chi connectivity index (χ4v) is 3.58. The van der Waals surface area contributed by atoms with Crippen LogP contribution >= 0.6 is 31.9 Å². The van der Waals surface area contributed by atoms with E-state index in [4.69, 9.17) is 0 Å². The Hall–Kier alpha value is -0.740. The molecule has 1 unspecified atom stereocenters. The molecule has 18 heavy (non-hydrogen) atoms. The van der Waals surface area contributed by atoms with Crippen molar-refractivity contribution in [3.05, 3.63) is 51.3 Å². The molecule has 0 N–H and O–H groups in total. The number of fused-ring (bicyclic) bond motifs is 1. The summed E-state index contributed by atoms with van der Waals surface area (Å²) in [5.41, 5.74) is 3.69. The summed E-state index contributed by atoms with van der Waals surface area (Å²) in [5.74, 6) is 0.0606. The highest BCUT2D eigenvalue weighted by molar-refractivity contribution is 9.10. The number of alkyl halides is 1. The van der Waals surface area contributed by atoms with Crippen LogP contribution in [0.3, 0.4) is 0 Å². The van der Waals surface area contributed by atoms with Gasteiger partial charge in [0.05, 0.1) is 0 Å². The summed E-state index contributed by atoms with van der Waals surface area (Å²) >= 11 is 7.07. The minimum atomic E-state index is 0.0606. The van der Waals surface area contributed by atoms with E-state index in [2.05, 4.69) is 42.9 Å². The number of aromatic nitrogens is 1. The Morgan fingerprint density at radius 3 is 3.00 bits per heavy atom. The standard InChI is InChI=1S/C14H11Br2NO/c15-9-6-8-4-5-10-11(2-1-3-12(10)16)14(18)13(8)17-7-9/h1-2,6-7,12H,3-5H2. The maximum absolute atomic E-state index is 12.5. The number of allylic oxidation sites excluding steroid dienone is 4. The summed E-state index contributed by atoms with van der Waals surface area (Å²) in [7, 11) is 0. The van der Waals surface area contributed by atoms with Crippen molar-refractivity contribution in [2.24, 2.45) is 0 Å². The number of carbonyl (C=O) groups is 1. The van der Waals surface area contributed by atoms with E-state index in [1.807, 2.05) is 12.1 Å². The van der Waals surface area contributed by atoms with Gasteiger partial charge in [0.25, 0.3) is 0 Å². The second kappa shape index (κ2) is 4.74. The molecule has 0 saturated carbocycles. The molecule has 3 rings (SSSR count). The maximum atomic E-state index is 12.5. The second-order valence-electron chi connectivity index (χ2n) is 4.53. The first-order valence-electron chi connectivity index (χ1n) is 5.89. The number of hydrogen-bond donors (Lipinski definition) is 0. The lowest BCUT2D eigenvalue weighted by molar-refractivity contribution is 0.103. The number of Topliss-reactive ketones (excluding diaryl/α,β-unsaturated/α-hetero) is 1. The molecule has 1 heterocycles. The van der Waals surface area contributed by atoms with Crippen LogP contribution in [-0.4, -0.2) is 15.6 Å². The third-order valence-corrected chi connectivity index (χ3v) is 4.77. The number of rotatable bonds is 0. The Morgan fingerprint density at radius 2 is 2.17 bits per heavy atom. The van der Waals surface area contributed by atoms with Crippen LogP contribution in [0.15, 0.2) is 40.0 Å². The minimum absolute atomic E-state index is 0.0606. The summed E-state index contributed by atoms with van der Waals surface area (Å²) < 4.78 is 0.930. The Bertz CT molecular complexity index is 589. The van der Waals surface area contributed by atoms with Gasteiger partial charge in [0.1, 0.15) is 5.69 Å². The van der Waals surface area contributed by atoms with Crippen molar-refractivity contribution in [3.63, 3.8) is 0 Å². The van der Waals surface area contributed by atoms with Gasteiger partial charge in [0, 0.05) is 21.1 Å². The number of nitrogens with zero attached hydrogens (tertiary/aromatic N) is 1. The normalized spacial score (nSPS) is 22.6. The second-order valence-corrected chi connectivity index (χ2v) is 6.56. The van der Waals surface area contributed by atoms with Crippen LogP contribution in [0.2, 0.25) is 0 Å². The van der Waals surface area contributed by atoms with Gasteiger partial charge < -0.3 is 0 Å². The van der Waals surface area contributed by atoms with E-state index in [1.165, 1.54) is 5.57 Å². The molecular formula is C14H11Br2NO. The predicted octanol–water partition coefficient (Wildman–Crippen LogP) is 3.99. The Morgan fingerprint density at radius 1 is 1.33 bits per heavy atom. The number of aryl methyl sites for hydroxylation is 1. The lowest BCUT2D eigenvalue weighted by atomic mass is 9.93. The van der Waals surface area contributed by atoms with E-state index in [0.717, 1.165) is 34.9 Å². The van der Waals surface area contributed by atoms with Gasteiger partial charge in [0.15, 0.2) is 0 Å². The molecule has 0 aromatic carbocycles. The van der Waals surface area contributed by atoms with E-state index in [9.17, 15) is 4.79 Å². The number of ketones is 1. The molecular weight excluding hydrogens is 358 g/mol. The molecule has 4 heteroatoms. The zero-order valence-electron chi connectivity index (χ0n) is 9.62. The van der Waals surface area contributed by atoms with Crippen LogP contribution in [0, 0.1) is 0 Å². The van der Waals surface area contributed by atoms with Crippen LogP contribution in [0.4, 0.5) is 0 Å². The number of carbonyl (C=O) groups excluding carboxylic acids is 1. The predicted molar refractivity (Wildman–Crippen MR) is 78.1 cm³/mol. The third-order valence-electron chi connectivity index (χ3n) is 3.41.